The number of carbonyl (C=O) groups excluding carboxylic acids is 1. The molecule has 112 valence electrons. The van der Waals surface area contributed by atoms with E-state index < -0.39 is 0 Å². The summed E-state index contributed by atoms with van der Waals surface area (Å²) in [7, 11) is 0. The highest BCUT2D eigenvalue weighted by Gasteiger charge is 2.26. The second kappa shape index (κ2) is 7.82. The summed E-state index contributed by atoms with van der Waals surface area (Å²) in [6.07, 6.45) is 1.96. The van der Waals surface area contributed by atoms with Crippen molar-refractivity contribution < 1.29 is 4.79 Å². The molecule has 1 unspecified atom stereocenters. The van der Waals surface area contributed by atoms with E-state index in [1.54, 1.807) is 0 Å². The lowest BCUT2D eigenvalue weighted by Crippen LogP contribution is -2.42. The first-order valence-electron chi connectivity index (χ1n) is 6.49. The number of carbonyl (C=O) groups is 1. The number of nitrogens with two attached hydrogens (primary N) is 1. The number of piperidine rings is 1. The molecule has 1 heterocycles. The maximum Gasteiger partial charge on any atom is 0.255 e. The maximum atomic E-state index is 12.4. The predicted molar refractivity (Wildman–Crippen MR) is 93.7 cm³/mol. The predicted octanol–water partition coefficient (Wildman–Crippen LogP) is 3.57. The zero-order chi connectivity index (χ0) is 14.0. The average Bonchev–Trinajstić information content (AvgIpc) is 2.38. The minimum absolute atomic E-state index is 0. The van der Waals surface area contributed by atoms with Crippen molar-refractivity contribution in [3.05, 3.63) is 32.4 Å². The van der Waals surface area contributed by atoms with Crippen LogP contribution in [0.5, 0.6) is 0 Å². The Bertz CT molecular complexity index is 474. The standard InChI is InChI=1S/C14H18ClIN2O.ClH/c1-9(17)10-4-6-18(7-5-10)14(19)12-3-2-11(16)8-13(12)15;/h2-3,8-10H,4-7,17H2,1H3;1H. The van der Waals surface area contributed by atoms with Crippen LogP contribution in [0.1, 0.15) is 30.1 Å². The van der Waals surface area contributed by atoms with Gasteiger partial charge in [0, 0.05) is 22.7 Å². The van der Waals surface area contributed by atoms with E-state index in [1.165, 1.54) is 0 Å². The number of nitrogens with zero attached hydrogens (tertiary/aromatic N) is 1. The van der Waals surface area contributed by atoms with Crippen molar-refractivity contribution in [2.24, 2.45) is 11.7 Å². The van der Waals surface area contributed by atoms with Crippen LogP contribution in [-0.4, -0.2) is 29.9 Å². The molecule has 1 aromatic rings. The van der Waals surface area contributed by atoms with Crippen molar-refractivity contribution in [3.63, 3.8) is 0 Å². The van der Waals surface area contributed by atoms with Gasteiger partial charge in [0.25, 0.3) is 5.91 Å². The van der Waals surface area contributed by atoms with E-state index in [4.69, 9.17) is 17.3 Å². The van der Waals surface area contributed by atoms with Gasteiger partial charge in [-0.2, -0.15) is 0 Å². The van der Waals surface area contributed by atoms with E-state index in [-0.39, 0.29) is 24.4 Å². The van der Waals surface area contributed by atoms with Crippen molar-refractivity contribution in [1.82, 2.24) is 4.90 Å². The molecule has 1 amide bonds. The Balaban J connectivity index is 0.00000200. The molecular formula is C14H19Cl2IN2O. The van der Waals surface area contributed by atoms with Gasteiger partial charge in [-0.05, 0) is 66.5 Å². The average molecular weight is 429 g/mol. The van der Waals surface area contributed by atoms with Gasteiger partial charge in [-0.3, -0.25) is 4.79 Å². The lowest BCUT2D eigenvalue weighted by Gasteiger charge is -2.33. The molecule has 6 heteroatoms. The summed E-state index contributed by atoms with van der Waals surface area (Å²) in [5.74, 6) is 0.556. The van der Waals surface area contributed by atoms with Crippen molar-refractivity contribution in [2.75, 3.05) is 13.1 Å². The third-order valence-corrected chi connectivity index (χ3v) is 4.72. The maximum absolute atomic E-state index is 12.4. The van der Waals surface area contributed by atoms with Crippen LogP contribution in [-0.2, 0) is 0 Å². The second-order valence-electron chi connectivity index (χ2n) is 5.11. The highest BCUT2D eigenvalue weighted by Crippen LogP contribution is 2.24. The quantitative estimate of drug-likeness (QED) is 0.732. The number of rotatable bonds is 2. The molecule has 1 atom stereocenters. The first-order valence-corrected chi connectivity index (χ1v) is 7.94. The molecule has 1 saturated heterocycles. The number of hydrogen-bond donors (Lipinski definition) is 1. The van der Waals surface area contributed by atoms with E-state index >= 15 is 0 Å². The molecule has 2 rings (SSSR count). The van der Waals surface area contributed by atoms with E-state index in [2.05, 4.69) is 22.6 Å². The van der Waals surface area contributed by atoms with Crippen LogP contribution < -0.4 is 5.73 Å². The molecule has 0 radical (unpaired) electrons. The molecule has 2 N–H and O–H groups in total. The summed E-state index contributed by atoms with van der Waals surface area (Å²) in [4.78, 5) is 14.3. The van der Waals surface area contributed by atoms with Crippen LogP contribution >= 0.6 is 46.6 Å². The Hall–Kier alpha value is -0.0400. The number of amides is 1. The van der Waals surface area contributed by atoms with Crippen LogP contribution in [0.3, 0.4) is 0 Å². The van der Waals surface area contributed by atoms with Crippen molar-refractivity contribution in [2.45, 2.75) is 25.8 Å². The smallest absolute Gasteiger partial charge is 0.255 e. The summed E-state index contributed by atoms with van der Waals surface area (Å²) < 4.78 is 1.04. The van der Waals surface area contributed by atoms with Crippen molar-refractivity contribution >= 4 is 52.5 Å². The molecule has 0 saturated carbocycles. The van der Waals surface area contributed by atoms with Crippen LogP contribution in [0.15, 0.2) is 18.2 Å². The number of halogens is 3. The molecule has 3 nitrogen and oxygen atoms in total. The third-order valence-electron chi connectivity index (χ3n) is 3.73. The summed E-state index contributed by atoms with van der Waals surface area (Å²) in [6, 6.07) is 5.75. The van der Waals surface area contributed by atoms with Crippen molar-refractivity contribution in [3.8, 4) is 0 Å². The fourth-order valence-corrected chi connectivity index (χ4v) is 3.40. The fourth-order valence-electron chi connectivity index (χ4n) is 2.46. The van der Waals surface area contributed by atoms with Crippen molar-refractivity contribution in [1.29, 1.82) is 0 Å². The lowest BCUT2D eigenvalue weighted by atomic mass is 9.90. The van der Waals surface area contributed by atoms with Crippen LogP contribution in [0, 0.1) is 9.49 Å². The molecule has 0 bridgehead atoms. The minimum Gasteiger partial charge on any atom is -0.339 e. The highest BCUT2D eigenvalue weighted by molar-refractivity contribution is 14.1. The Morgan fingerprint density at radius 3 is 2.55 bits per heavy atom. The molecule has 0 spiro atoms. The second-order valence-corrected chi connectivity index (χ2v) is 6.77. The van der Waals surface area contributed by atoms with Gasteiger partial charge in [-0.1, -0.05) is 11.6 Å². The van der Waals surface area contributed by atoms with Crippen LogP contribution in [0.2, 0.25) is 5.02 Å². The first-order chi connectivity index (χ1) is 8.99. The summed E-state index contributed by atoms with van der Waals surface area (Å²) in [5, 5.41) is 0.534. The lowest BCUT2D eigenvalue weighted by molar-refractivity contribution is 0.0681. The molecule has 1 fully saturated rings. The molecule has 1 aliphatic rings. The number of benzene rings is 1. The summed E-state index contributed by atoms with van der Waals surface area (Å²) in [6.45, 7) is 3.58. The van der Waals surface area contributed by atoms with Gasteiger partial charge >= 0.3 is 0 Å². The molecular weight excluding hydrogens is 410 g/mol. The normalized spacial score (nSPS) is 17.5. The number of likely N-dealkylation sites (tertiary alicyclic amines) is 1. The third kappa shape index (κ3) is 4.23. The zero-order valence-corrected chi connectivity index (χ0v) is 15.0. The monoisotopic (exact) mass is 428 g/mol. The highest BCUT2D eigenvalue weighted by atomic mass is 127. The van der Waals surface area contributed by atoms with Gasteiger partial charge in [-0.15, -0.1) is 12.4 Å². The number of hydrogen-bond acceptors (Lipinski definition) is 2. The molecule has 1 aromatic carbocycles. The summed E-state index contributed by atoms with van der Waals surface area (Å²) >= 11 is 8.34. The first kappa shape index (κ1) is 18.0. The van der Waals surface area contributed by atoms with E-state index in [0.29, 0.717) is 16.5 Å². The molecule has 20 heavy (non-hydrogen) atoms. The SMILES string of the molecule is CC(N)C1CCN(C(=O)c2ccc(I)cc2Cl)CC1.Cl. The van der Waals surface area contributed by atoms with Gasteiger partial charge in [0.1, 0.15) is 0 Å². The Labute approximate surface area is 144 Å². The van der Waals surface area contributed by atoms with Crippen LogP contribution in [0.25, 0.3) is 0 Å². The van der Waals surface area contributed by atoms with Crippen LogP contribution in [0.4, 0.5) is 0 Å². The van der Waals surface area contributed by atoms with Gasteiger partial charge in [0.2, 0.25) is 0 Å². The molecule has 0 aliphatic carbocycles. The Kier molecular flexibility index (Phi) is 7.04. The Morgan fingerprint density at radius 1 is 1.45 bits per heavy atom. The van der Waals surface area contributed by atoms with Gasteiger partial charge < -0.3 is 10.6 Å². The van der Waals surface area contributed by atoms with Gasteiger partial charge in [-0.25, -0.2) is 0 Å². The van der Waals surface area contributed by atoms with Gasteiger partial charge in [0.15, 0.2) is 0 Å². The molecule has 0 aromatic heterocycles. The van der Waals surface area contributed by atoms with E-state index in [1.807, 2.05) is 30.0 Å². The largest absolute Gasteiger partial charge is 0.339 e. The summed E-state index contributed by atoms with van der Waals surface area (Å²) in [5.41, 5.74) is 6.51. The molecule has 1 aliphatic heterocycles. The minimum atomic E-state index is 0. The van der Waals surface area contributed by atoms with E-state index in [9.17, 15) is 4.79 Å². The zero-order valence-electron chi connectivity index (χ0n) is 11.3. The van der Waals surface area contributed by atoms with E-state index in [0.717, 1.165) is 29.5 Å². The Morgan fingerprint density at radius 2 is 2.05 bits per heavy atom. The topological polar surface area (TPSA) is 46.3 Å². The fraction of sp³-hybridized carbons (Fsp3) is 0.500. The van der Waals surface area contributed by atoms with Gasteiger partial charge in [0.05, 0.1) is 10.6 Å².